The number of thiophene rings is 1. The molecular formula is C23H21NO5S. The molecule has 3 rings (SSSR count). The second-order valence-electron chi connectivity index (χ2n) is 6.36. The summed E-state index contributed by atoms with van der Waals surface area (Å²) in [6.07, 6.45) is 0.640. The highest BCUT2D eigenvalue weighted by Gasteiger charge is 2.20. The molecule has 154 valence electrons. The Morgan fingerprint density at radius 1 is 0.933 bits per heavy atom. The Balaban J connectivity index is 1.83. The van der Waals surface area contributed by atoms with Crippen molar-refractivity contribution in [3.63, 3.8) is 0 Å². The molecule has 0 fully saturated rings. The van der Waals surface area contributed by atoms with Crippen LogP contribution in [0.5, 0.6) is 0 Å². The van der Waals surface area contributed by atoms with Gasteiger partial charge in [-0.2, -0.15) is 0 Å². The van der Waals surface area contributed by atoms with Gasteiger partial charge in [0.05, 0.1) is 24.8 Å². The van der Waals surface area contributed by atoms with Gasteiger partial charge in [-0.1, -0.05) is 30.3 Å². The molecule has 0 spiro atoms. The van der Waals surface area contributed by atoms with Crippen molar-refractivity contribution in [2.45, 2.75) is 13.3 Å². The molecule has 0 atom stereocenters. The summed E-state index contributed by atoms with van der Waals surface area (Å²) in [6, 6.07) is 17.7. The van der Waals surface area contributed by atoms with Crippen LogP contribution < -0.4 is 5.32 Å². The SMILES string of the molecule is CCOC(=O)c1cc(Cc2ccccc2)sc1NC(=O)c1ccc(C(=O)OC)cc1. The zero-order valence-electron chi connectivity index (χ0n) is 16.6. The second-order valence-corrected chi connectivity index (χ2v) is 7.50. The van der Waals surface area contributed by atoms with Gasteiger partial charge >= 0.3 is 11.9 Å². The van der Waals surface area contributed by atoms with Crippen LogP contribution in [0.15, 0.2) is 60.7 Å². The number of esters is 2. The van der Waals surface area contributed by atoms with Crippen molar-refractivity contribution in [3.8, 4) is 0 Å². The van der Waals surface area contributed by atoms with Gasteiger partial charge in [0.2, 0.25) is 0 Å². The number of carbonyl (C=O) groups is 3. The van der Waals surface area contributed by atoms with Crippen LogP contribution in [0.3, 0.4) is 0 Å². The van der Waals surface area contributed by atoms with Crippen molar-refractivity contribution in [2.75, 3.05) is 19.0 Å². The van der Waals surface area contributed by atoms with Gasteiger partial charge in [0.15, 0.2) is 0 Å². The number of carbonyl (C=O) groups excluding carboxylic acids is 3. The normalized spacial score (nSPS) is 10.3. The average molecular weight is 423 g/mol. The van der Waals surface area contributed by atoms with E-state index in [0.717, 1.165) is 10.4 Å². The minimum Gasteiger partial charge on any atom is -0.465 e. The summed E-state index contributed by atoms with van der Waals surface area (Å²) in [5.74, 6) is -1.34. The third kappa shape index (κ3) is 5.12. The molecule has 0 saturated carbocycles. The van der Waals surface area contributed by atoms with Crippen LogP contribution in [0.1, 0.15) is 48.4 Å². The highest BCUT2D eigenvalue weighted by molar-refractivity contribution is 7.16. The van der Waals surface area contributed by atoms with Gasteiger partial charge in [-0.25, -0.2) is 9.59 Å². The van der Waals surface area contributed by atoms with E-state index in [1.54, 1.807) is 13.0 Å². The number of rotatable bonds is 7. The van der Waals surface area contributed by atoms with Crippen molar-refractivity contribution in [1.82, 2.24) is 0 Å². The molecule has 0 bridgehead atoms. The Bertz CT molecular complexity index is 1040. The molecule has 0 saturated heterocycles. The smallest absolute Gasteiger partial charge is 0.341 e. The number of amides is 1. The van der Waals surface area contributed by atoms with Gasteiger partial charge in [0, 0.05) is 16.9 Å². The predicted molar refractivity (Wildman–Crippen MR) is 115 cm³/mol. The summed E-state index contributed by atoms with van der Waals surface area (Å²) in [6.45, 7) is 1.97. The van der Waals surface area contributed by atoms with Crippen molar-refractivity contribution >= 4 is 34.2 Å². The van der Waals surface area contributed by atoms with Gasteiger partial charge in [-0.05, 0) is 42.8 Å². The summed E-state index contributed by atoms with van der Waals surface area (Å²) >= 11 is 1.34. The molecular weight excluding hydrogens is 402 g/mol. The van der Waals surface area contributed by atoms with E-state index in [4.69, 9.17) is 4.74 Å². The van der Waals surface area contributed by atoms with Crippen molar-refractivity contribution < 1.29 is 23.9 Å². The third-order valence-corrected chi connectivity index (χ3v) is 5.35. The fourth-order valence-corrected chi connectivity index (χ4v) is 3.90. The average Bonchev–Trinajstić information content (AvgIpc) is 3.16. The summed E-state index contributed by atoms with van der Waals surface area (Å²) in [7, 11) is 1.30. The Kier molecular flexibility index (Phi) is 6.98. The van der Waals surface area contributed by atoms with E-state index in [9.17, 15) is 14.4 Å². The molecule has 0 radical (unpaired) electrons. The van der Waals surface area contributed by atoms with Crippen molar-refractivity contribution in [1.29, 1.82) is 0 Å². The first kappa shape index (κ1) is 21.3. The van der Waals surface area contributed by atoms with Crippen LogP contribution in [0.4, 0.5) is 5.00 Å². The van der Waals surface area contributed by atoms with Gasteiger partial charge in [-0.3, -0.25) is 4.79 Å². The summed E-state index contributed by atoms with van der Waals surface area (Å²) in [5.41, 5.74) is 2.13. The summed E-state index contributed by atoms with van der Waals surface area (Å²) in [5, 5.41) is 3.23. The Labute approximate surface area is 178 Å². The standard InChI is InChI=1S/C23H21NO5S/c1-3-29-23(27)19-14-18(13-15-7-5-4-6-8-15)30-21(19)24-20(25)16-9-11-17(12-10-16)22(26)28-2/h4-12,14H,3,13H2,1-2H3,(H,24,25). The number of ether oxygens (including phenoxy) is 2. The maximum Gasteiger partial charge on any atom is 0.341 e. The first-order valence-corrected chi connectivity index (χ1v) is 10.2. The molecule has 3 aromatic rings. The lowest BCUT2D eigenvalue weighted by Gasteiger charge is -2.07. The maximum absolute atomic E-state index is 12.7. The number of hydrogen-bond donors (Lipinski definition) is 1. The van der Waals surface area contributed by atoms with Crippen LogP contribution in [-0.2, 0) is 15.9 Å². The van der Waals surface area contributed by atoms with Crippen LogP contribution in [0, 0.1) is 0 Å². The molecule has 0 aliphatic heterocycles. The minimum absolute atomic E-state index is 0.241. The maximum atomic E-state index is 12.7. The van der Waals surface area contributed by atoms with Gasteiger partial charge < -0.3 is 14.8 Å². The molecule has 0 aliphatic rings. The molecule has 1 heterocycles. The molecule has 7 heteroatoms. The fraction of sp³-hybridized carbons (Fsp3) is 0.174. The van der Waals surface area contributed by atoms with Crippen LogP contribution in [0.2, 0.25) is 0 Å². The second kappa shape index (κ2) is 9.84. The van der Waals surface area contributed by atoms with Crippen LogP contribution >= 0.6 is 11.3 Å². The van der Waals surface area contributed by atoms with Crippen LogP contribution in [0.25, 0.3) is 0 Å². The molecule has 1 N–H and O–H groups in total. The van der Waals surface area contributed by atoms with E-state index < -0.39 is 11.9 Å². The van der Waals surface area contributed by atoms with Gasteiger partial charge in [0.25, 0.3) is 5.91 Å². The highest BCUT2D eigenvalue weighted by Crippen LogP contribution is 2.31. The quantitative estimate of drug-likeness (QED) is 0.564. The number of hydrogen-bond acceptors (Lipinski definition) is 6. The molecule has 0 aliphatic carbocycles. The van der Waals surface area contributed by atoms with E-state index in [0.29, 0.717) is 28.1 Å². The number of nitrogens with one attached hydrogen (secondary N) is 1. The number of methoxy groups -OCH3 is 1. The first-order chi connectivity index (χ1) is 14.5. The molecule has 2 aromatic carbocycles. The zero-order chi connectivity index (χ0) is 21.5. The van der Waals surface area contributed by atoms with Crippen molar-refractivity contribution in [2.24, 2.45) is 0 Å². The number of anilines is 1. The lowest BCUT2D eigenvalue weighted by molar-refractivity contribution is 0.0527. The lowest BCUT2D eigenvalue weighted by atomic mass is 10.1. The van der Waals surface area contributed by atoms with E-state index in [1.165, 1.54) is 42.7 Å². The largest absolute Gasteiger partial charge is 0.465 e. The Hall–Kier alpha value is -3.45. The Morgan fingerprint density at radius 3 is 2.23 bits per heavy atom. The molecule has 30 heavy (non-hydrogen) atoms. The predicted octanol–water partition coefficient (Wildman–Crippen LogP) is 4.55. The van der Waals surface area contributed by atoms with Crippen molar-refractivity contribution in [3.05, 3.63) is 87.8 Å². The summed E-state index contributed by atoms with van der Waals surface area (Å²) < 4.78 is 9.80. The van der Waals surface area contributed by atoms with E-state index in [1.807, 2.05) is 30.3 Å². The molecule has 1 amide bonds. The van der Waals surface area contributed by atoms with E-state index in [2.05, 4.69) is 10.1 Å². The Morgan fingerprint density at radius 2 is 1.60 bits per heavy atom. The lowest BCUT2D eigenvalue weighted by Crippen LogP contribution is -2.14. The van der Waals surface area contributed by atoms with E-state index in [-0.39, 0.29) is 12.5 Å². The minimum atomic E-state index is -0.482. The zero-order valence-corrected chi connectivity index (χ0v) is 17.5. The van der Waals surface area contributed by atoms with Gasteiger partial charge in [0.1, 0.15) is 5.00 Å². The first-order valence-electron chi connectivity index (χ1n) is 9.35. The highest BCUT2D eigenvalue weighted by atomic mass is 32.1. The molecule has 1 aromatic heterocycles. The van der Waals surface area contributed by atoms with E-state index >= 15 is 0 Å². The fourth-order valence-electron chi connectivity index (χ4n) is 2.83. The topological polar surface area (TPSA) is 81.7 Å². The van der Waals surface area contributed by atoms with Crippen LogP contribution in [-0.4, -0.2) is 31.6 Å². The number of benzene rings is 2. The molecule has 6 nitrogen and oxygen atoms in total. The third-order valence-electron chi connectivity index (χ3n) is 4.29. The van der Waals surface area contributed by atoms with Gasteiger partial charge in [-0.15, -0.1) is 11.3 Å². The molecule has 0 unspecified atom stereocenters. The summed E-state index contributed by atoms with van der Waals surface area (Å²) in [4.78, 5) is 37.6. The monoisotopic (exact) mass is 423 g/mol.